The molecule has 2 aromatic carbocycles. The highest BCUT2D eigenvalue weighted by atomic mass is 32.2. The number of halogens is 5. The minimum Gasteiger partial charge on any atom is -0.494 e. The van der Waals surface area contributed by atoms with Crippen molar-refractivity contribution in [3.8, 4) is 16.9 Å². The lowest BCUT2D eigenvalue weighted by Crippen LogP contribution is -2.44. The van der Waals surface area contributed by atoms with Crippen molar-refractivity contribution >= 4 is 11.8 Å². The molecule has 3 aromatic rings. The van der Waals surface area contributed by atoms with E-state index in [0.717, 1.165) is 36.6 Å². The number of methoxy groups -OCH3 is 1. The van der Waals surface area contributed by atoms with Gasteiger partial charge < -0.3 is 15.8 Å². The summed E-state index contributed by atoms with van der Waals surface area (Å²) in [6.07, 6.45) is 2.61. The van der Waals surface area contributed by atoms with Crippen molar-refractivity contribution < 1.29 is 26.7 Å². The van der Waals surface area contributed by atoms with Gasteiger partial charge in [0.05, 0.1) is 35.3 Å². The van der Waals surface area contributed by atoms with Gasteiger partial charge in [-0.3, -0.25) is 9.36 Å². The number of aromatic nitrogens is 1. The lowest BCUT2D eigenvalue weighted by molar-refractivity contribution is -0.138. The first-order valence-corrected chi connectivity index (χ1v) is 14.9. The second-order valence-corrected chi connectivity index (χ2v) is 11.5. The molecule has 5 rings (SSSR count). The number of rotatable bonds is 9. The van der Waals surface area contributed by atoms with Crippen molar-refractivity contribution in [2.75, 3.05) is 26.0 Å². The van der Waals surface area contributed by atoms with Crippen LogP contribution in [0, 0.1) is 18.6 Å². The van der Waals surface area contributed by atoms with E-state index in [-0.39, 0.29) is 28.5 Å². The first-order valence-electron chi connectivity index (χ1n) is 14.0. The van der Waals surface area contributed by atoms with Crippen LogP contribution < -0.4 is 21.3 Å². The van der Waals surface area contributed by atoms with Crippen LogP contribution in [0.4, 0.5) is 22.0 Å². The summed E-state index contributed by atoms with van der Waals surface area (Å²) in [6, 6.07) is 6.45. The first kappa shape index (κ1) is 31.0. The van der Waals surface area contributed by atoms with Crippen molar-refractivity contribution in [2.24, 2.45) is 5.73 Å². The zero-order chi connectivity index (χ0) is 30.9. The summed E-state index contributed by atoms with van der Waals surface area (Å²) in [7, 11) is 1.30. The van der Waals surface area contributed by atoms with Crippen LogP contribution in [-0.2, 0) is 12.6 Å². The van der Waals surface area contributed by atoms with E-state index in [0.29, 0.717) is 29.4 Å². The van der Waals surface area contributed by atoms with Gasteiger partial charge in [0.15, 0.2) is 11.6 Å². The minimum atomic E-state index is -4.80. The molecule has 228 valence electrons. The van der Waals surface area contributed by atoms with Crippen molar-refractivity contribution in [2.45, 2.75) is 49.5 Å². The molecule has 1 aliphatic heterocycles. The van der Waals surface area contributed by atoms with E-state index >= 15 is 8.78 Å². The van der Waals surface area contributed by atoms with Gasteiger partial charge in [-0.25, -0.2) is 8.78 Å². The quantitative estimate of drug-likeness (QED) is 0.266. The minimum absolute atomic E-state index is 0.00158. The third kappa shape index (κ3) is 5.90. The summed E-state index contributed by atoms with van der Waals surface area (Å²) < 4.78 is 79.6. The van der Waals surface area contributed by atoms with Gasteiger partial charge in [-0.15, -0.1) is 11.8 Å². The maximum Gasteiger partial charge on any atom is 0.416 e. The molecule has 3 N–H and O–H groups in total. The number of nitrogens with two attached hydrogens (primary N) is 1. The van der Waals surface area contributed by atoms with E-state index in [1.165, 1.54) is 31.0 Å². The molecule has 2 aliphatic rings. The Kier molecular flexibility index (Phi) is 9.15. The second-order valence-electron chi connectivity index (χ2n) is 10.5. The SMILES string of the molecule is COc1cccc(-c2c(C)c(Cc3c(F)cccc3C(F)(F)F)c3n(c2=O)C(C(NCCN)C2=CCCC=C2)CS3)c1F. The molecule has 0 radical (unpaired) electrons. The van der Waals surface area contributed by atoms with Crippen molar-refractivity contribution in [3.63, 3.8) is 0 Å². The topological polar surface area (TPSA) is 69.3 Å². The van der Waals surface area contributed by atoms with Crippen LogP contribution in [0.1, 0.15) is 41.1 Å². The molecule has 11 heteroatoms. The van der Waals surface area contributed by atoms with Gasteiger partial charge in [0.25, 0.3) is 5.56 Å². The maximum absolute atomic E-state index is 15.7. The summed E-state index contributed by atoms with van der Waals surface area (Å²) in [5.74, 6) is -1.44. The van der Waals surface area contributed by atoms with Crippen LogP contribution in [0.25, 0.3) is 11.1 Å². The normalized spacial score (nSPS) is 17.1. The smallest absolute Gasteiger partial charge is 0.416 e. The second kappa shape index (κ2) is 12.7. The number of fused-ring (bicyclic) bond motifs is 1. The molecule has 0 saturated carbocycles. The fourth-order valence-electron chi connectivity index (χ4n) is 5.92. The van der Waals surface area contributed by atoms with Gasteiger partial charge in [-0.1, -0.05) is 36.4 Å². The molecule has 0 saturated heterocycles. The predicted molar refractivity (Wildman–Crippen MR) is 159 cm³/mol. The number of benzene rings is 2. The number of hydrogen-bond acceptors (Lipinski definition) is 5. The van der Waals surface area contributed by atoms with Gasteiger partial charge in [0, 0.05) is 36.4 Å². The van der Waals surface area contributed by atoms with Gasteiger partial charge in [0.1, 0.15) is 5.82 Å². The largest absolute Gasteiger partial charge is 0.494 e. The zero-order valence-corrected chi connectivity index (χ0v) is 24.5. The van der Waals surface area contributed by atoms with Crippen molar-refractivity contribution in [3.05, 3.63) is 104 Å². The summed E-state index contributed by atoms with van der Waals surface area (Å²) in [5.41, 5.74) is 5.26. The maximum atomic E-state index is 15.7. The van der Waals surface area contributed by atoms with E-state index in [4.69, 9.17) is 10.5 Å². The third-order valence-corrected chi connectivity index (χ3v) is 9.19. The van der Waals surface area contributed by atoms with Gasteiger partial charge >= 0.3 is 6.18 Å². The number of alkyl halides is 3. The summed E-state index contributed by atoms with van der Waals surface area (Å²) in [5, 5.41) is 3.88. The highest BCUT2D eigenvalue weighted by Crippen LogP contribution is 2.44. The molecule has 5 nitrogen and oxygen atoms in total. The Morgan fingerprint density at radius 1 is 1.14 bits per heavy atom. The summed E-state index contributed by atoms with van der Waals surface area (Å²) in [4.78, 5) is 14.4. The molecule has 43 heavy (non-hydrogen) atoms. The van der Waals surface area contributed by atoms with Crippen LogP contribution in [0.2, 0.25) is 0 Å². The Bertz CT molecular complexity index is 1650. The Hall–Kier alpha value is -3.41. The molecule has 2 unspecified atom stereocenters. The average Bonchev–Trinajstić information content (AvgIpc) is 3.42. The van der Waals surface area contributed by atoms with Gasteiger partial charge in [0.2, 0.25) is 0 Å². The molecule has 1 aromatic heterocycles. The van der Waals surface area contributed by atoms with Crippen LogP contribution in [0.15, 0.2) is 70.0 Å². The molecule has 0 amide bonds. The van der Waals surface area contributed by atoms with E-state index in [1.54, 1.807) is 17.6 Å². The van der Waals surface area contributed by atoms with E-state index < -0.39 is 47.0 Å². The highest BCUT2D eigenvalue weighted by Gasteiger charge is 2.39. The van der Waals surface area contributed by atoms with Gasteiger partial charge in [-0.2, -0.15) is 13.2 Å². The Morgan fingerprint density at radius 3 is 2.58 bits per heavy atom. The van der Waals surface area contributed by atoms with Crippen LogP contribution in [0.3, 0.4) is 0 Å². The number of pyridine rings is 1. The number of hydrogen-bond donors (Lipinski definition) is 2. The molecule has 0 fully saturated rings. The van der Waals surface area contributed by atoms with Crippen LogP contribution in [-0.4, -0.2) is 36.6 Å². The van der Waals surface area contributed by atoms with E-state index in [9.17, 15) is 18.0 Å². The third-order valence-electron chi connectivity index (χ3n) is 7.97. The number of ether oxygens (including phenoxy) is 1. The number of nitrogens with one attached hydrogen (secondary N) is 1. The first-order chi connectivity index (χ1) is 20.6. The molecule has 0 bridgehead atoms. The van der Waals surface area contributed by atoms with Gasteiger partial charge in [-0.05, 0) is 54.7 Å². The van der Waals surface area contributed by atoms with Crippen molar-refractivity contribution in [1.29, 1.82) is 0 Å². The number of thioether (sulfide) groups is 1. The molecular weight excluding hydrogens is 585 g/mol. The Labute approximate surface area is 250 Å². The highest BCUT2D eigenvalue weighted by molar-refractivity contribution is 7.99. The monoisotopic (exact) mass is 617 g/mol. The fraction of sp³-hybridized carbons (Fsp3) is 0.344. The standard InChI is InChI=1S/C32H32F5N3O2S/c1-18-21(16-22-23(32(35,36)37)11-7-12-24(22)33)31-40(30(41)27(18)20-10-6-13-26(42-2)28(20)34)25(17-43-31)29(39-15-14-38)19-8-4-3-5-9-19/h4,6-13,25,29,39H,3,5,14-17,38H2,1-2H3. The number of allylic oxidation sites excluding steroid dienone is 2. The molecule has 1 aliphatic carbocycles. The summed E-state index contributed by atoms with van der Waals surface area (Å²) >= 11 is 1.33. The van der Waals surface area contributed by atoms with Crippen LogP contribution in [0.5, 0.6) is 5.75 Å². The lowest BCUT2D eigenvalue weighted by atomic mass is 9.91. The Morgan fingerprint density at radius 2 is 1.91 bits per heavy atom. The molecule has 0 spiro atoms. The van der Waals surface area contributed by atoms with Crippen LogP contribution >= 0.6 is 11.8 Å². The van der Waals surface area contributed by atoms with E-state index in [2.05, 4.69) is 11.4 Å². The number of nitrogens with zero attached hydrogens (tertiary/aromatic N) is 1. The Balaban J connectivity index is 1.78. The molecule has 2 atom stereocenters. The molecular formula is C32H32F5N3O2S. The fourth-order valence-corrected chi connectivity index (χ4v) is 7.35. The lowest BCUT2D eigenvalue weighted by Gasteiger charge is -2.29. The molecule has 2 heterocycles. The average molecular weight is 618 g/mol. The predicted octanol–water partition coefficient (Wildman–Crippen LogP) is 6.56. The zero-order valence-electron chi connectivity index (χ0n) is 23.7. The van der Waals surface area contributed by atoms with Crippen molar-refractivity contribution in [1.82, 2.24) is 9.88 Å². The summed E-state index contributed by atoms with van der Waals surface area (Å²) in [6.45, 7) is 2.38. The van der Waals surface area contributed by atoms with E-state index in [1.807, 2.05) is 12.2 Å².